The first-order chi connectivity index (χ1) is 10.1. The minimum atomic E-state index is 0.0271. The Bertz CT molecular complexity index is 584. The number of hydrogen-bond acceptors (Lipinski definition) is 3. The molecule has 3 aliphatic rings. The lowest BCUT2D eigenvalue weighted by atomic mass is 9.92. The number of benzene rings is 1. The minimum Gasteiger partial charge on any atom is -0.489 e. The van der Waals surface area contributed by atoms with Crippen molar-refractivity contribution in [2.24, 2.45) is 11.8 Å². The van der Waals surface area contributed by atoms with Crippen LogP contribution in [-0.4, -0.2) is 24.6 Å². The number of fused-ring (bicyclic) bond motifs is 5. The molecular formula is C17H22N2O2. The summed E-state index contributed by atoms with van der Waals surface area (Å²) in [6, 6.07) is 6.10. The van der Waals surface area contributed by atoms with Crippen LogP contribution < -0.4 is 15.0 Å². The van der Waals surface area contributed by atoms with Crippen LogP contribution in [0.5, 0.6) is 5.75 Å². The van der Waals surface area contributed by atoms with Crippen LogP contribution in [0.15, 0.2) is 18.2 Å². The molecule has 1 saturated heterocycles. The second kappa shape index (κ2) is 4.65. The summed E-state index contributed by atoms with van der Waals surface area (Å²) in [6.07, 6.45) is 3.83. The first-order valence-corrected chi connectivity index (χ1v) is 8.02. The molecule has 3 unspecified atom stereocenters. The lowest BCUT2D eigenvalue weighted by Crippen LogP contribution is -2.47. The second-order valence-corrected chi connectivity index (χ2v) is 6.76. The Morgan fingerprint density at radius 3 is 3.00 bits per heavy atom. The topological polar surface area (TPSA) is 41.6 Å². The van der Waals surface area contributed by atoms with Crippen molar-refractivity contribution in [2.75, 3.05) is 16.8 Å². The number of amides is 1. The average Bonchev–Trinajstić information content (AvgIpc) is 2.99. The Morgan fingerprint density at radius 1 is 1.33 bits per heavy atom. The highest BCUT2D eigenvalue weighted by atomic mass is 16.5. The summed E-state index contributed by atoms with van der Waals surface area (Å²) in [5, 5.41) is 3.11. The Hall–Kier alpha value is -1.71. The van der Waals surface area contributed by atoms with Gasteiger partial charge in [0.05, 0.1) is 11.8 Å². The van der Waals surface area contributed by atoms with Crippen molar-refractivity contribution in [2.45, 2.75) is 45.3 Å². The molecule has 2 fully saturated rings. The lowest BCUT2D eigenvalue weighted by molar-refractivity contribution is -0.118. The van der Waals surface area contributed by atoms with E-state index in [-0.39, 0.29) is 18.1 Å². The Kier molecular flexibility index (Phi) is 2.88. The van der Waals surface area contributed by atoms with Gasteiger partial charge in [0.2, 0.25) is 5.91 Å². The number of nitrogens with zero attached hydrogens (tertiary/aromatic N) is 1. The summed E-state index contributed by atoms with van der Waals surface area (Å²) >= 11 is 0. The largest absolute Gasteiger partial charge is 0.489 e. The molecule has 112 valence electrons. The van der Waals surface area contributed by atoms with Crippen LogP contribution in [0.25, 0.3) is 0 Å². The van der Waals surface area contributed by atoms with Crippen molar-refractivity contribution < 1.29 is 9.53 Å². The zero-order valence-electron chi connectivity index (χ0n) is 12.6. The monoisotopic (exact) mass is 286 g/mol. The third-order valence-corrected chi connectivity index (χ3v) is 5.08. The van der Waals surface area contributed by atoms with Crippen molar-refractivity contribution in [3.05, 3.63) is 18.2 Å². The fourth-order valence-electron chi connectivity index (χ4n) is 4.32. The van der Waals surface area contributed by atoms with E-state index in [2.05, 4.69) is 16.3 Å². The first-order valence-electron chi connectivity index (χ1n) is 8.02. The molecule has 0 bridgehead atoms. The molecule has 1 aromatic carbocycles. The van der Waals surface area contributed by atoms with Crippen molar-refractivity contribution in [3.63, 3.8) is 0 Å². The van der Waals surface area contributed by atoms with Crippen LogP contribution in [0.3, 0.4) is 0 Å². The highest BCUT2D eigenvalue weighted by Gasteiger charge is 2.50. The predicted octanol–water partition coefficient (Wildman–Crippen LogP) is 3.03. The zero-order valence-corrected chi connectivity index (χ0v) is 12.6. The number of rotatable bonds is 2. The molecule has 1 saturated carbocycles. The predicted molar refractivity (Wildman–Crippen MR) is 82.8 cm³/mol. The van der Waals surface area contributed by atoms with E-state index in [4.69, 9.17) is 4.74 Å². The van der Waals surface area contributed by atoms with E-state index in [1.54, 1.807) is 0 Å². The van der Waals surface area contributed by atoms with Crippen LogP contribution in [0.4, 0.5) is 11.4 Å². The van der Waals surface area contributed by atoms with Gasteiger partial charge in [-0.3, -0.25) is 4.79 Å². The molecular weight excluding hydrogens is 264 g/mol. The van der Waals surface area contributed by atoms with Crippen molar-refractivity contribution in [1.29, 1.82) is 0 Å². The summed E-state index contributed by atoms with van der Waals surface area (Å²) < 4.78 is 5.86. The SMILES string of the molecule is CC(C)Oc1cccc2c1NC(=O)C1C3CCCC3CN21. The van der Waals surface area contributed by atoms with Gasteiger partial charge in [-0.1, -0.05) is 12.5 Å². The quantitative estimate of drug-likeness (QED) is 0.908. The fourth-order valence-corrected chi connectivity index (χ4v) is 4.32. The molecule has 2 aliphatic heterocycles. The van der Waals surface area contributed by atoms with E-state index in [0.29, 0.717) is 11.8 Å². The van der Waals surface area contributed by atoms with Gasteiger partial charge >= 0.3 is 0 Å². The summed E-state index contributed by atoms with van der Waals surface area (Å²) in [4.78, 5) is 14.9. The van der Waals surface area contributed by atoms with Gasteiger partial charge in [0.15, 0.2) is 0 Å². The molecule has 1 N–H and O–H groups in total. The maximum absolute atomic E-state index is 12.6. The van der Waals surface area contributed by atoms with Crippen LogP contribution in [0.2, 0.25) is 0 Å². The van der Waals surface area contributed by atoms with Gasteiger partial charge < -0.3 is 15.0 Å². The third-order valence-electron chi connectivity index (χ3n) is 5.08. The Labute approximate surface area is 125 Å². The molecule has 0 radical (unpaired) electrons. The number of anilines is 2. The summed E-state index contributed by atoms with van der Waals surface area (Å²) in [5.41, 5.74) is 1.99. The van der Waals surface area contributed by atoms with Crippen LogP contribution in [0, 0.1) is 11.8 Å². The molecule has 4 rings (SSSR count). The Balaban J connectivity index is 1.75. The number of ether oxygens (including phenoxy) is 1. The molecule has 0 spiro atoms. The average molecular weight is 286 g/mol. The maximum Gasteiger partial charge on any atom is 0.247 e. The van der Waals surface area contributed by atoms with E-state index in [0.717, 1.165) is 23.7 Å². The van der Waals surface area contributed by atoms with E-state index in [1.807, 2.05) is 26.0 Å². The zero-order chi connectivity index (χ0) is 14.6. The van der Waals surface area contributed by atoms with E-state index >= 15 is 0 Å². The van der Waals surface area contributed by atoms with Gasteiger partial charge in [-0.2, -0.15) is 0 Å². The molecule has 4 nitrogen and oxygen atoms in total. The number of nitrogens with one attached hydrogen (secondary N) is 1. The van der Waals surface area contributed by atoms with Crippen molar-refractivity contribution >= 4 is 17.3 Å². The highest BCUT2D eigenvalue weighted by Crippen LogP contribution is 2.49. The second-order valence-electron chi connectivity index (χ2n) is 6.76. The minimum absolute atomic E-state index is 0.0271. The van der Waals surface area contributed by atoms with Gasteiger partial charge in [0.25, 0.3) is 0 Å². The molecule has 4 heteroatoms. The molecule has 21 heavy (non-hydrogen) atoms. The Morgan fingerprint density at radius 2 is 2.19 bits per heavy atom. The number of carbonyl (C=O) groups excluding carboxylic acids is 1. The molecule has 1 aromatic rings. The van der Waals surface area contributed by atoms with Gasteiger partial charge in [-0.15, -0.1) is 0 Å². The standard InChI is InChI=1S/C17H22N2O2/c1-10(2)21-14-8-4-7-13-15(14)18-17(20)16-12-6-3-5-11(12)9-19(13)16/h4,7-8,10-12,16H,3,5-6,9H2,1-2H3,(H,18,20). The molecule has 2 heterocycles. The van der Waals surface area contributed by atoms with Crippen molar-refractivity contribution in [1.82, 2.24) is 0 Å². The van der Waals surface area contributed by atoms with Crippen LogP contribution in [0.1, 0.15) is 33.1 Å². The lowest BCUT2D eigenvalue weighted by Gasteiger charge is -2.35. The first kappa shape index (κ1) is 13.0. The van der Waals surface area contributed by atoms with Crippen LogP contribution in [-0.2, 0) is 4.79 Å². The summed E-state index contributed by atoms with van der Waals surface area (Å²) in [6.45, 7) is 5.03. The fraction of sp³-hybridized carbons (Fsp3) is 0.588. The van der Waals surface area contributed by atoms with Gasteiger partial charge in [-0.25, -0.2) is 0 Å². The van der Waals surface area contributed by atoms with E-state index in [1.165, 1.54) is 19.3 Å². The van der Waals surface area contributed by atoms with Gasteiger partial charge in [-0.05, 0) is 50.7 Å². The normalized spacial score (nSPS) is 30.0. The maximum atomic E-state index is 12.6. The highest BCUT2D eigenvalue weighted by molar-refractivity contribution is 6.06. The number of carbonyl (C=O) groups is 1. The molecule has 1 aliphatic carbocycles. The third kappa shape index (κ3) is 1.92. The van der Waals surface area contributed by atoms with Gasteiger partial charge in [0, 0.05) is 6.54 Å². The van der Waals surface area contributed by atoms with Crippen molar-refractivity contribution in [3.8, 4) is 5.75 Å². The van der Waals surface area contributed by atoms with E-state index in [9.17, 15) is 4.79 Å². The summed E-state index contributed by atoms with van der Waals surface area (Å²) in [7, 11) is 0. The molecule has 1 amide bonds. The number of para-hydroxylation sites is 1. The number of hydrogen-bond donors (Lipinski definition) is 1. The summed E-state index contributed by atoms with van der Waals surface area (Å²) in [5.74, 6) is 2.15. The smallest absolute Gasteiger partial charge is 0.247 e. The van der Waals surface area contributed by atoms with Crippen LogP contribution >= 0.6 is 0 Å². The molecule has 3 atom stereocenters. The molecule has 0 aromatic heterocycles. The van der Waals surface area contributed by atoms with Gasteiger partial charge in [0.1, 0.15) is 17.5 Å². The van der Waals surface area contributed by atoms with E-state index < -0.39 is 0 Å².